The number of carbonyl (C=O) groups excluding carboxylic acids is 1. The second-order valence-corrected chi connectivity index (χ2v) is 10.1. The first-order chi connectivity index (χ1) is 14.5. The van der Waals surface area contributed by atoms with Crippen LogP contribution in [0.3, 0.4) is 0 Å². The van der Waals surface area contributed by atoms with Gasteiger partial charge in [0.1, 0.15) is 23.6 Å². The SMILES string of the molecule is COc1cc(OC)c(Cl)c(C2C(=O)N(C(C)C)C3=NC([S+](C)[O-])=NC(C)C3C2C)c1Cl. The average Bonchev–Trinajstić information content (AvgIpc) is 2.69. The fourth-order valence-corrected chi connectivity index (χ4v) is 5.75. The number of amides is 1. The maximum Gasteiger partial charge on any atom is 0.339 e. The van der Waals surface area contributed by atoms with Gasteiger partial charge in [0.25, 0.3) is 0 Å². The van der Waals surface area contributed by atoms with Crippen LogP contribution < -0.4 is 9.47 Å². The molecule has 0 aliphatic carbocycles. The van der Waals surface area contributed by atoms with Gasteiger partial charge in [0.05, 0.1) is 36.2 Å². The molecule has 0 aromatic heterocycles. The molecule has 0 bridgehead atoms. The van der Waals surface area contributed by atoms with Crippen molar-refractivity contribution in [2.45, 2.75) is 45.7 Å². The van der Waals surface area contributed by atoms with E-state index < -0.39 is 17.1 Å². The summed E-state index contributed by atoms with van der Waals surface area (Å²) < 4.78 is 22.9. The topological polar surface area (TPSA) is 86.5 Å². The summed E-state index contributed by atoms with van der Waals surface area (Å²) in [7, 11) is 3.00. The van der Waals surface area contributed by atoms with Crippen LogP contribution in [0.4, 0.5) is 0 Å². The minimum absolute atomic E-state index is 0.174. The Labute approximate surface area is 196 Å². The van der Waals surface area contributed by atoms with E-state index in [1.807, 2.05) is 27.7 Å². The summed E-state index contributed by atoms with van der Waals surface area (Å²) in [5.74, 6) is 0.131. The normalized spacial score (nSPS) is 26.9. The number of rotatable bonds is 4. The largest absolute Gasteiger partial charge is 0.609 e. The third-order valence-corrected chi connectivity index (χ3v) is 7.37. The minimum atomic E-state index is -1.35. The third kappa shape index (κ3) is 4.03. The molecule has 7 nitrogen and oxygen atoms in total. The molecule has 0 N–H and O–H groups in total. The molecule has 0 saturated carbocycles. The van der Waals surface area contributed by atoms with Crippen molar-refractivity contribution >= 4 is 51.3 Å². The molecule has 10 heteroatoms. The number of piperidine rings is 1. The van der Waals surface area contributed by atoms with E-state index in [0.717, 1.165) is 0 Å². The summed E-state index contributed by atoms with van der Waals surface area (Å²) in [6.45, 7) is 7.75. The van der Waals surface area contributed by atoms with Crippen LogP contribution >= 0.6 is 23.2 Å². The number of hydrogen-bond acceptors (Lipinski definition) is 6. The molecule has 5 unspecified atom stereocenters. The average molecular weight is 488 g/mol. The number of carbonyl (C=O) groups is 1. The van der Waals surface area contributed by atoms with Crippen LogP contribution in [0.1, 0.15) is 39.2 Å². The highest BCUT2D eigenvalue weighted by Gasteiger charge is 2.51. The number of benzene rings is 1. The molecule has 1 amide bonds. The molecule has 2 heterocycles. The number of halogens is 2. The Hall–Kier alpha value is -1.48. The number of fused-ring (bicyclic) bond motifs is 1. The van der Waals surface area contributed by atoms with Crippen molar-refractivity contribution in [2.24, 2.45) is 21.8 Å². The zero-order chi connectivity index (χ0) is 23.2. The van der Waals surface area contributed by atoms with Gasteiger partial charge in [-0.25, -0.2) is 4.99 Å². The van der Waals surface area contributed by atoms with Crippen LogP contribution in [-0.4, -0.2) is 58.9 Å². The molecule has 31 heavy (non-hydrogen) atoms. The zero-order valence-corrected chi connectivity index (χ0v) is 20.9. The van der Waals surface area contributed by atoms with Crippen molar-refractivity contribution in [1.29, 1.82) is 0 Å². The first-order valence-corrected chi connectivity index (χ1v) is 12.3. The molecule has 5 atom stereocenters. The lowest BCUT2D eigenvalue weighted by molar-refractivity contribution is -0.133. The van der Waals surface area contributed by atoms with Gasteiger partial charge in [0.15, 0.2) is 0 Å². The van der Waals surface area contributed by atoms with Crippen molar-refractivity contribution in [3.05, 3.63) is 21.7 Å². The van der Waals surface area contributed by atoms with Gasteiger partial charge in [-0.1, -0.05) is 30.1 Å². The zero-order valence-electron chi connectivity index (χ0n) is 18.6. The van der Waals surface area contributed by atoms with E-state index >= 15 is 0 Å². The number of likely N-dealkylation sites (tertiary alicyclic amines) is 1. The predicted molar refractivity (Wildman–Crippen MR) is 125 cm³/mol. The molecule has 1 fully saturated rings. The number of methoxy groups -OCH3 is 2. The molecule has 0 radical (unpaired) electrons. The van der Waals surface area contributed by atoms with E-state index in [4.69, 9.17) is 32.7 Å². The summed E-state index contributed by atoms with van der Waals surface area (Å²) >= 11 is 12.0. The highest BCUT2D eigenvalue weighted by atomic mass is 35.5. The highest BCUT2D eigenvalue weighted by Crippen LogP contribution is 2.50. The van der Waals surface area contributed by atoms with Crippen molar-refractivity contribution in [1.82, 2.24) is 4.90 Å². The van der Waals surface area contributed by atoms with Gasteiger partial charge in [-0.05, 0) is 26.7 Å². The standard InChI is InChI=1S/C21H27Cl2N3O4S/c1-9(2)26-19-14(11(4)24-21(25-19)31(7)28)10(3)15(20(26)27)16-17(22)12(29-5)8-13(30-6)18(16)23/h8-11,14-15H,1-7H3. The van der Waals surface area contributed by atoms with Crippen LogP contribution in [0, 0.1) is 11.8 Å². The Bertz CT molecular complexity index is 923. The monoisotopic (exact) mass is 487 g/mol. The lowest BCUT2D eigenvalue weighted by atomic mass is 9.71. The molecule has 3 rings (SSSR count). The van der Waals surface area contributed by atoms with Gasteiger partial charge in [-0.2, -0.15) is 4.99 Å². The molecule has 1 aromatic carbocycles. The lowest BCUT2D eigenvalue weighted by Gasteiger charge is -2.47. The fourth-order valence-electron chi connectivity index (χ4n) is 4.48. The van der Waals surface area contributed by atoms with Gasteiger partial charge >= 0.3 is 5.17 Å². The quantitative estimate of drug-likeness (QED) is 0.597. The number of aliphatic imine (C=N–C) groups is 2. The van der Waals surface area contributed by atoms with Gasteiger partial charge < -0.3 is 14.0 Å². The number of hydrogen-bond donors (Lipinski definition) is 0. The highest BCUT2D eigenvalue weighted by molar-refractivity contribution is 8.05. The maximum absolute atomic E-state index is 13.9. The first-order valence-electron chi connectivity index (χ1n) is 9.97. The second-order valence-electron chi connectivity index (χ2n) is 8.06. The Morgan fingerprint density at radius 2 is 1.71 bits per heavy atom. The van der Waals surface area contributed by atoms with Gasteiger partial charge in [0, 0.05) is 34.8 Å². The molecule has 2 aliphatic rings. The fraction of sp³-hybridized carbons (Fsp3) is 0.571. The number of ether oxygens (including phenoxy) is 2. The van der Waals surface area contributed by atoms with Crippen LogP contribution in [0.5, 0.6) is 11.5 Å². The summed E-state index contributed by atoms with van der Waals surface area (Å²) in [6, 6.07) is 1.21. The van der Waals surface area contributed by atoms with E-state index in [9.17, 15) is 9.35 Å². The van der Waals surface area contributed by atoms with E-state index in [1.54, 1.807) is 11.0 Å². The van der Waals surface area contributed by atoms with Crippen LogP contribution in [0.2, 0.25) is 10.0 Å². The molecule has 1 aromatic rings. The summed E-state index contributed by atoms with van der Waals surface area (Å²) in [4.78, 5) is 24.6. The number of amidine groups is 2. The molecule has 2 aliphatic heterocycles. The Morgan fingerprint density at radius 3 is 2.16 bits per heavy atom. The Kier molecular flexibility index (Phi) is 7.15. The van der Waals surface area contributed by atoms with E-state index in [1.165, 1.54) is 20.5 Å². The second kappa shape index (κ2) is 9.17. The van der Waals surface area contributed by atoms with Crippen molar-refractivity contribution in [2.75, 3.05) is 20.5 Å². The first kappa shape index (κ1) is 24.2. The lowest BCUT2D eigenvalue weighted by Crippen LogP contribution is -2.58. The van der Waals surface area contributed by atoms with Crippen LogP contribution in [0.15, 0.2) is 16.1 Å². The molecule has 0 spiro atoms. The van der Waals surface area contributed by atoms with Crippen molar-refractivity contribution < 1.29 is 18.8 Å². The smallest absolute Gasteiger partial charge is 0.339 e. The van der Waals surface area contributed by atoms with E-state index in [-0.39, 0.29) is 45.0 Å². The molecular formula is C21H27Cl2N3O4S. The summed E-state index contributed by atoms with van der Waals surface area (Å²) in [5.41, 5.74) is 0.475. The van der Waals surface area contributed by atoms with Crippen LogP contribution in [0.25, 0.3) is 0 Å². The predicted octanol–water partition coefficient (Wildman–Crippen LogP) is 4.13. The van der Waals surface area contributed by atoms with E-state index in [0.29, 0.717) is 22.9 Å². The Balaban J connectivity index is 2.23. The maximum atomic E-state index is 13.9. The van der Waals surface area contributed by atoms with Gasteiger partial charge in [0.2, 0.25) is 5.91 Å². The molecular weight excluding hydrogens is 461 g/mol. The van der Waals surface area contributed by atoms with Crippen LogP contribution in [-0.2, 0) is 16.0 Å². The number of nitrogens with zero attached hydrogens (tertiary/aromatic N) is 3. The Morgan fingerprint density at radius 1 is 1.16 bits per heavy atom. The van der Waals surface area contributed by atoms with Crippen molar-refractivity contribution in [3.63, 3.8) is 0 Å². The summed E-state index contributed by atoms with van der Waals surface area (Å²) in [5, 5.41) is 0.816. The minimum Gasteiger partial charge on any atom is -0.609 e. The third-order valence-electron chi connectivity index (χ3n) is 5.88. The van der Waals surface area contributed by atoms with Gasteiger partial charge in [-0.3, -0.25) is 9.69 Å². The van der Waals surface area contributed by atoms with E-state index in [2.05, 4.69) is 9.98 Å². The van der Waals surface area contributed by atoms with Crippen molar-refractivity contribution in [3.8, 4) is 11.5 Å². The molecule has 170 valence electrons. The molecule has 1 saturated heterocycles. The van der Waals surface area contributed by atoms with Gasteiger partial charge in [-0.15, -0.1) is 0 Å². The summed E-state index contributed by atoms with van der Waals surface area (Å²) in [6.07, 6.45) is 1.54.